The van der Waals surface area contributed by atoms with Gasteiger partial charge in [0, 0.05) is 0 Å². The van der Waals surface area contributed by atoms with Crippen molar-refractivity contribution in [1.29, 1.82) is 0 Å². The molecule has 1 N–H and O–H groups in total. The third-order valence-corrected chi connectivity index (χ3v) is 5.06. The number of aryl methyl sites for hydroxylation is 1. The van der Waals surface area contributed by atoms with Gasteiger partial charge >= 0.3 is 5.97 Å². The van der Waals surface area contributed by atoms with Gasteiger partial charge in [0.2, 0.25) is 0 Å². The van der Waals surface area contributed by atoms with Crippen LogP contribution in [0, 0.1) is 6.92 Å². The normalized spacial score (nSPS) is 11.8. The molecule has 1 amide bonds. The van der Waals surface area contributed by atoms with Crippen molar-refractivity contribution < 1.29 is 14.3 Å². The highest BCUT2D eigenvalue weighted by Gasteiger charge is 2.24. The number of nitrogens with one attached hydrogen (secondary N) is 1. The first-order chi connectivity index (χ1) is 10.0. The number of thiophene rings is 1. The third kappa shape index (κ3) is 3.71. The second-order valence-electron chi connectivity index (χ2n) is 4.41. The summed E-state index contributed by atoms with van der Waals surface area (Å²) < 4.78 is 5.68. The maximum Gasteiger partial charge on any atom is 0.333 e. The lowest BCUT2D eigenvalue weighted by Crippen LogP contribution is -2.34. The fraction of sp³-hybridized carbons (Fsp3) is 0.200. The lowest BCUT2D eigenvalue weighted by molar-refractivity contribution is -0.143. The summed E-state index contributed by atoms with van der Waals surface area (Å²) in [6.45, 7) is 1.91. The van der Waals surface area contributed by atoms with Gasteiger partial charge in [-0.05, 0) is 40.0 Å². The zero-order valence-corrected chi connectivity index (χ0v) is 14.0. The van der Waals surface area contributed by atoms with Crippen molar-refractivity contribution in [3.05, 3.63) is 56.2 Å². The van der Waals surface area contributed by atoms with Gasteiger partial charge in [0.25, 0.3) is 5.91 Å². The third-order valence-electron chi connectivity index (χ3n) is 2.93. The Labute approximate surface area is 135 Å². The molecular weight excluding hydrogens is 354 g/mol. The maximum absolute atomic E-state index is 12.3. The van der Waals surface area contributed by atoms with Crippen molar-refractivity contribution in [3.63, 3.8) is 0 Å². The van der Waals surface area contributed by atoms with Crippen molar-refractivity contribution in [2.45, 2.75) is 13.0 Å². The summed E-state index contributed by atoms with van der Waals surface area (Å²) in [6.07, 6.45) is 0. The van der Waals surface area contributed by atoms with Gasteiger partial charge in [-0.3, -0.25) is 4.79 Å². The van der Waals surface area contributed by atoms with Crippen LogP contribution in [0.5, 0.6) is 0 Å². The van der Waals surface area contributed by atoms with Crippen molar-refractivity contribution >= 4 is 39.1 Å². The minimum Gasteiger partial charge on any atom is -0.467 e. The predicted octanol–water partition coefficient (Wildman–Crippen LogP) is 3.46. The topological polar surface area (TPSA) is 55.4 Å². The predicted molar refractivity (Wildman–Crippen MR) is 85.4 cm³/mol. The van der Waals surface area contributed by atoms with Crippen LogP contribution in [-0.2, 0) is 9.53 Å². The summed E-state index contributed by atoms with van der Waals surface area (Å²) in [5.41, 5.74) is 1.67. The molecule has 4 nitrogen and oxygen atoms in total. The number of ether oxygens (including phenoxy) is 1. The molecule has 0 aliphatic carbocycles. The quantitative estimate of drug-likeness (QED) is 0.841. The molecule has 0 aliphatic rings. The van der Waals surface area contributed by atoms with Gasteiger partial charge in [-0.15, -0.1) is 11.3 Å². The minimum atomic E-state index is -0.815. The number of esters is 1. The second kappa shape index (κ2) is 6.87. The second-order valence-corrected chi connectivity index (χ2v) is 6.78. The Bertz CT molecular complexity index is 635. The fourth-order valence-corrected chi connectivity index (χ4v) is 3.25. The Hall–Kier alpha value is -1.66. The zero-order valence-electron chi connectivity index (χ0n) is 11.6. The van der Waals surface area contributed by atoms with Gasteiger partial charge < -0.3 is 10.1 Å². The van der Waals surface area contributed by atoms with E-state index in [4.69, 9.17) is 4.74 Å². The van der Waals surface area contributed by atoms with Crippen LogP contribution in [0.4, 0.5) is 0 Å². The van der Waals surface area contributed by atoms with E-state index in [2.05, 4.69) is 21.2 Å². The lowest BCUT2D eigenvalue weighted by atomic mass is 10.1. The van der Waals surface area contributed by atoms with Gasteiger partial charge in [-0.2, -0.15) is 0 Å². The monoisotopic (exact) mass is 367 g/mol. The number of rotatable bonds is 4. The van der Waals surface area contributed by atoms with Crippen LogP contribution in [0.25, 0.3) is 0 Å². The van der Waals surface area contributed by atoms with Gasteiger partial charge in [0.05, 0.1) is 15.8 Å². The highest BCUT2D eigenvalue weighted by Crippen LogP contribution is 2.27. The van der Waals surface area contributed by atoms with Crippen molar-refractivity contribution in [2.75, 3.05) is 7.11 Å². The van der Waals surface area contributed by atoms with E-state index in [9.17, 15) is 9.59 Å². The smallest absolute Gasteiger partial charge is 0.333 e. The molecule has 0 spiro atoms. The molecule has 110 valence electrons. The zero-order chi connectivity index (χ0) is 15.4. The summed E-state index contributed by atoms with van der Waals surface area (Å²) in [5.74, 6) is -0.796. The van der Waals surface area contributed by atoms with Gasteiger partial charge in [-0.25, -0.2) is 4.79 Å². The van der Waals surface area contributed by atoms with E-state index in [1.165, 1.54) is 18.4 Å². The molecule has 2 aromatic rings. The molecule has 6 heteroatoms. The van der Waals surface area contributed by atoms with Gasteiger partial charge in [-0.1, -0.05) is 30.3 Å². The highest BCUT2D eigenvalue weighted by molar-refractivity contribution is 9.11. The number of hydrogen-bond acceptors (Lipinski definition) is 4. The van der Waals surface area contributed by atoms with Crippen LogP contribution in [0.3, 0.4) is 0 Å². The first-order valence-electron chi connectivity index (χ1n) is 6.22. The van der Waals surface area contributed by atoms with Crippen molar-refractivity contribution in [3.8, 4) is 0 Å². The average Bonchev–Trinajstić information content (AvgIpc) is 2.84. The summed E-state index contributed by atoms with van der Waals surface area (Å²) in [5, 5.41) is 2.72. The molecule has 1 aromatic carbocycles. The number of benzene rings is 1. The highest BCUT2D eigenvalue weighted by atomic mass is 79.9. The molecular formula is C15H14BrNO3S. The number of halogens is 1. The number of carbonyl (C=O) groups is 2. The summed E-state index contributed by atoms with van der Waals surface area (Å²) in [7, 11) is 1.30. The molecule has 1 unspecified atom stereocenters. The number of amides is 1. The molecule has 0 saturated carbocycles. The molecule has 1 atom stereocenters. The van der Waals surface area contributed by atoms with Gasteiger partial charge in [0.1, 0.15) is 0 Å². The van der Waals surface area contributed by atoms with Crippen LogP contribution in [0.2, 0.25) is 0 Å². The van der Waals surface area contributed by atoms with E-state index in [0.717, 1.165) is 9.35 Å². The Balaban J connectivity index is 2.23. The molecule has 0 saturated heterocycles. The number of methoxy groups -OCH3 is 1. The number of carbonyl (C=O) groups excluding carboxylic acids is 2. The molecule has 0 aliphatic heterocycles. The van der Waals surface area contributed by atoms with E-state index >= 15 is 0 Å². The maximum atomic E-state index is 12.3. The minimum absolute atomic E-state index is 0.298. The van der Waals surface area contributed by atoms with Crippen LogP contribution in [-0.4, -0.2) is 19.0 Å². The van der Waals surface area contributed by atoms with Crippen molar-refractivity contribution in [2.24, 2.45) is 0 Å². The first-order valence-corrected chi connectivity index (χ1v) is 7.83. The summed E-state index contributed by atoms with van der Waals surface area (Å²) in [6, 6.07) is 9.98. The fourth-order valence-electron chi connectivity index (χ4n) is 1.82. The van der Waals surface area contributed by atoms with E-state index in [-0.39, 0.29) is 5.91 Å². The van der Waals surface area contributed by atoms with E-state index < -0.39 is 12.0 Å². The van der Waals surface area contributed by atoms with E-state index in [1.807, 2.05) is 25.1 Å². The van der Waals surface area contributed by atoms with Gasteiger partial charge in [0.15, 0.2) is 6.04 Å². The Kier molecular flexibility index (Phi) is 5.14. The van der Waals surface area contributed by atoms with Crippen LogP contribution < -0.4 is 5.32 Å². The molecule has 21 heavy (non-hydrogen) atoms. The van der Waals surface area contributed by atoms with Crippen LogP contribution in [0.15, 0.2) is 40.2 Å². The summed E-state index contributed by atoms with van der Waals surface area (Å²) in [4.78, 5) is 24.7. The molecule has 0 fully saturated rings. The molecule has 1 aromatic heterocycles. The molecule has 0 bridgehead atoms. The van der Waals surface area contributed by atoms with Crippen LogP contribution in [0.1, 0.15) is 26.8 Å². The molecule has 0 radical (unpaired) electrons. The Morgan fingerprint density at radius 1 is 1.29 bits per heavy atom. The number of hydrogen-bond donors (Lipinski definition) is 1. The van der Waals surface area contributed by atoms with E-state index in [0.29, 0.717) is 10.4 Å². The largest absolute Gasteiger partial charge is 0.467 e. The Morgan fingerprint density at radius 3 is 2.48 bits per heavy atom. The van der Waals surface area contributed by atoms with Crippen LogP contribution >= 0.6 is 27.3 Å². The summed E-state index contributed by atoms with van der Waals surface area (Å²) >= 11 is 4.72. The first kappa shape index (κ1) is 15.7. The van der Waals surface area contributed by atoms with E-state index in [1.54, 1.807) is 18.2 Å². The molecule has 2 rings (SSSR count). The standard InChI is InChI=1S/C15H14BrNO3S/c1-9-8-11(21-13(9)16)14(18)17-12(15(19)20-2)10-6-4-3-5-7-10/h3-8,12H,1-2H3,(H,17,18). The Morgan fingerprint density at radius 2 is 1.95 bits per heavy atom. The average molecular weight is 368 g/mol. The molecule has 1 heterocycles. The SMILES string of the molecule is COC(=O)C(NC(=O)c1cc(C)c(Br)s1)c1ccccc1. The lowest BCUT2D eigenvalue weighted by Gasteiger charge is -2.16. The van der Waals surface area contributed by atoms with Crippen molar-refractivity contribution in [1.82, 2.24) is 5.32 Å².